The van der Waals surface area contributed by atoms with Crippen molar-refractivity contribution >= 4 is 39.0 Å². The van der Waals surface area contributed by atoms with Gasteiger partial charge in [0.05, 0.1) is 16.7 Å². The number of aromatic nitrogens is 2. The maximum atomic E-state index is 12.3. The molecular weight excluding hydrogens is 394 g/mol. The SMILES string of the molecule is CN=CC(Br)=C(N)CNC(=O)c1ccc(-c2nccc3[nH]ccc23)cc1. The van der Waals surface area contributed by atoms with Crippen LogP contribution in [0.1, 0.15) is 10.4 Å². The molecule has 0 spiro atoms. The molecule has 0 bridgehead atoms. The third-order valence-electron chi connectivity index (χ3n) is 3.89. The van der Waals surface area contributed by atoms with Crippen LogP contribution < -0.4 is 11.1 Å². The molecule has 0 unspecified atom stereocenters. The van der Waals surface area contributed by atoms with E-state index in [-0.39, 0.29) is 12.5 Å². The highest BCUT2D eigenvalue weighted by atomic mass is 79.9. The molecule has 7 heteroatoms. The first-order valence-electron chi connectivity index (χ1n) is 7.97. The Morgan fingerprint density at radius 1 is 1.31 bits per heavy atom. The topological polar surface area (TPSA) is 96.2 Å². The van der Waals surface area contributed by atoms with Crippen LogP contribution in [-0.4, -0.2) is 35.7 Å². The van der Waals surface area contributed by atoms with E-state index >= 15 is 0 Å². The predicted octanol–water partition coefficient (Wildman–Crippen LogP) is 3.23. The van der Waals surface area contributed by atoms with Crippen LogP contribution in [0.4, 0.5) is 0 Å². The quantitative estimate of drug-likeness (QED) is 0.562. The molecule has 6 nitrogen and oxygen atoms in total. The minimum absolute atomic E-state index is 0.193. The van der Waals surface area contributed by atoms with Gasteiger partial charge in [-0.25, -0.2) is 0 Å². The Hall–Kier alpha value is -2.93. The molecule has 0 atom stereocenters. The zero-order valence-electron chi connectivity index (χ0n) is 14.2. The van der Waals surface area contributed by atoms with Crippen molar-refractivity contribution in [3.63, 3.8) is 0 Å². The number of H-pyrrole nitrogens is 1. The Kier molecular flexibility index (Phi) is 5.48. The number of hydrogen-bond acceptors (Lipinski definition) is 4. The van der Waals surface area contributed by atoms with Crippen molar-refractivity contribution in [2.24, 2.45) is 10.7 Å². The molecule has 1 amide bonds. The number of benzene rings is 1. The summed E-state index contributed by atoms with van der Waals surface area (Å²) in [6, 6.07) is 11.3. The van der Waals surface area contributed by atoms with Crippen LogP contribution in [0.3, 0.4) is 0 Å². The molecule has 0 aliphatic rings. The number of rotatable bonds is 5. The lowest BCUT2D eigenvalue weighted by atomic mass is 10.1. The average molecular weight is 412 g/mol. The summed E-state index contributed by atoms with van der Waals surface area (Å²) in [5.74, 6) is -0.193. The second-order valence-corrected chi connectivity index (χ2v) is 6.47. The molecule has 0 saturated heterocycles. The molecule has 1 aromatic carbocycles. The molecule has 0 aliphatic carbocycles. The maximum absolute atomic E-state index is 12.3. The molecular formula is C19H18BrN5O. The van der Waals surface area contributed by atoms with Crippen molar-refractivity contribution < 1.29 is 4.79 Å². The first-order valence-corrected chi connectivity index (χ1v) is 8.76. The largest absolute Gasteiger partial charge is 0.400 e. The molecule has 0 radical (unpaired) electrons. The molecule has 0 aliphatic heterocycles. The molecule has 2 aromatic heterocycles. The van der Waals surface area contributed by atoms with Gasteiger partial charge in [0, 0.05) is 53.4 Å². The zero-order valence-corrected chi connectivity index (χ0v) is 15.7. The molecule has 0 saturated carbocycles. The number of carbonyl (C=O) groups excluding carboxylic acids is 1. The fourth-order valence-corrected chi connectivity index (χ4v) is 2.90. The van der Waals surface area contributed by atoms with Crippen LogP contribution in [-0.2, 0) is 0 Å². The predicted molar refractivity (Wildman–Crippen MR) is 108 cm³/mol. The van der Waals surface area contributed by atoms with Crippen molar-refractivity contribution in [2.45, 2.75) is 0 Å². The summed E-state index contributed by atoms with van der Waals surface area (Å²) in [5.41, 5.74) is 9.81. The van der Waals surface area contributed by atoms with Gasteiger partial charge in [0.25, 0.3) is 5.91 Å². The first kappa shape index (κ1) is 17.9. The van der Waals surface area contributed by atoms with E-state index in [1.165, 1.54) is 0 Å². The van der Waals surface area contributed by atoms with E-state index in [1.54, 1.807) is 31.6 Å². The Morgan fingerprint density at radius 2 is 2.08 bits per heavy atom. The molecule has 26 heavy (non-hydrogen) atoms. The van der Waals surface area contributed by atoms with Gasteiger partial charge in [-0.3, -0.25) is 14.8 Å². The molecule has 3 aromatic rings. The van der Waals surface area contributed by atoms with E-state index in [0.717, 1.165) is 22.2 Å². The van der Waals surface area contributed by atoms with Crippen LogP contribution in [0.2, 0.25) is 0 Å². The minimum atomic E-state index is -0.193. The van der Waals surface area contributed by atoms with E-state index in [0.29, 0.717) is 15.7 Å². The summed E-state index contributed by atoms with van der Waals surface area (Å²) in [6.45, 7) is 0.234. The van der Waals surface area contributed by atoms with Crippen LogP contribution in [0.15, 0.2) is 64.0 Å². The van der Waals surface area contributed by atoms with Gasteiger partial charge in [-0.05, 0) is 40.2 Å². The molecule has 3 rings (SSSR count). The highest BCUT2D eigenvalue weighted by Gasteiger charge is 2.09. The van der Waals surface area contributed by atoms with Crippen LogP contribution in [0, 0.1) is 0 Å². The van der Waals surface area contributed by atoms with E-state index in [9.17, 15) is 4.79 Å². The summed E-state index contributed by atoms with van der Waals surface area (Å²) in [7, 11) is 1.65. The maximum Gasteiger partial charge on any atom is 0.251 e. The van der Waals surface area contributed by atoms with Crippen molar-refractivity contribution in [1.29, 1.82) is 0 Å². The summed E-state index contributed by atoms with van der Waals surface area (Å²) in [5, 5.41) is 3.84. The van der Waals surface area contributed by atoms with Gasteiger partial charge in [0.1, 0.15) is 0 Å². The van der Waals surface area contributed by atoms with Crippen molar-refractivity contribution in [1.82, 2.24) is 15.3 Å². The Morgan fingerprint density at radius 3 is 2.81 bits per heavy atom. The number of fused-ring (bicyclic) bond motifs is 1. The Balaban J connectivity index is 1.74. The lowest BCUT2D eigenvalue weighted by Gasteiger charge is -2.08. The number of carbonyl (C=O) groups is 1. The van der Waals surface area contributed by atoms with E-state index < -0.39 is 0 Å². The molecule has 0 fully saturated rings. The average Bonchev–Trinajstić information content (AvgIpc) is 3.15. The Labute approximate surface area is 159 Å². The van der Waals surface area contributed by atoms with E-state index in [1.807, 2.05) is 30.5 Å². The number of nitrogens with one attached hydrogen (secondary N) is 2. The molecule has 2 heterocycles. The summed E-state index contributed by atoms with van der Waals surface area (Å²) in [4.78, 5) is 23.8. The van der Waals surface area contributed by atoms with Crippen LogP contribution in [0.25, 0.3) is 22.2 Å². The fourth-order valence-electron chi connectivity index (χ4n) is 2.55. The number of amides is 1. The van der Waals surface area contributed by atoms with Crippen molar-refractivity contribution in [3.8, 4) is 11.3 Å². The number of nitrogens with two attached hydrogens (primary N) is 1. The molecule has 4 N–H and O–H groups in total. The highest BCUT2D eigenvalue weighted by Crippen LogP contribution is 2.25. The second-order valence-electron chi connectivity index (χ2n) is 5.62. The van der Waals surface area contributed by atoms with E-state index in [4.69, 9.17) is 5.73 Å². The number of nitrogens with zero attached hydrogens (tertiary/aromatic N) is 2. The highest BCUT2D eigenvalue weighted by molar-refractivity contribution is 9.12. The normalized spacial score (nSPS) is 12.4. The first-order chi connectivity index (χ1) is 12.6. The minimum Gasteiger partial charge on any atom is -0.400 e. The monoisotopic (exact) mass is 411 g/mol. The lowest BCUT2D eigenvalue weighted by molar-refractivity contribution is 0.0957. The van der Waals surface area contributed by atoms with Crippen molar-refractivity contribution in [3.05, 3.63) is 64.5 Å². The van der Waals surface area contributed by atoms with Gasteiger partial charge in [0.15, 0.2) is 0 Å². The van der Waals surface area contributed by atoms with Crippen LogP contribution in [0.5, 0.6) is 0 Å². The van der Waals surface area contributed by atoms with Gasteiger partial charge >= 0.3 is 0 Å². The van der Waals surface area contributed by atoms with Gasteiger partial charge in [-0.15, -0.1) is 0 Å². The molecule has 132 valence electrons. The van der Waals surface area contributed by atoms with Gasteiger partial charge < -0.3 is 16.0 Å². The van der Waals surface area contributed by atoms with Crippen molar-refractivity contribution in [2.75, 3.05) is 13.6 Å². The number of aromatic amines is 1. The number of aliphatic imine (C=N–C) groups is 1. The second kappa shape index (κ2) is 7.97. The zero-order chi connectivity index (χ0) is 18.5. The summed E-state index contributed by atoms with van der Waals surface area (Å²) < 4.78 is 0.654. The number of allylic oxidation sites excluding steroid dienone is 1. The van der Waals surface area contributed by atoms with Gasteiger partial charge in [-0.1, -0.05) is 12.1 Å². The fraction of sp³-hybridized carbons (Fsp3) is 0.105. The standard InChI is InChI=1S/C19H18BrN5O/c1-22-10-15(20)16(21)11-25-19(26)13-4-2-12(3-5-13)18-14-6-8-23-17(14)7-9-24-18/h2-10,23H,11,21H2,1H3,(H,25,26). The number of pyridine rings is 1. The van der Waals surface area contributed by atoms with Gasteiger partial charge in [0.2, 0.25) is 0 Å². The number of hydrogen-bond donors (Lipinski definition) is 3. The third-order valence-corrected chi connectivity index (χ3v) is 4.60. The summed E-state index contributed by atoms with van der Waals surface area (Å²) in [6.07, 6.45) is 5.24. The van der Waals surface area contributed by atoms with Crippen LogP contribution >= 0.6 is 15.9 Å². The Bertz CT molecular complexity index is 989. The summed E-state index contributed by atoms with van der Waals surface area (Å²) >= 11 is 3.31. The van der Waals surface area contributed by atoms with E-state index in [2.05, 4.69) is 36.2 Å². The van der Waals surface area contributed by atoms with Gasteiger partial charge in [-0.2, -0.15) is 0 Å². The third kappa shape index (κ3) is 3.83. The number of halogens is 1. The lowest BCUT2D eigenvalue weighted by Crippen LogP contribution is -2.28. The smallest absolute Gasteiger partial charge is 0.251 e.